The number of rotatable bonds is 0. The summed E-state index contributed by atoms with van der Waals surface area (Å²) in [6, 6.07) is -0.833. The largest absolute Gasteiger partial charge is 0.352 e. The quantitative estimate of drug-likeness (QED) is 0.570. The zero-order chi connectivity index (χ0) is 3.58. The van der Waals surface area contributed by atoms with Gasteiger partial charge >= 0.3 is 6.03 Å². The Morgan fingerprint density at radius 1 is 1.40 bits per heavy atom. The summed E-state index contributed by atoms with van der Waals surface area (Å²) in [5, 5.41) is 0. The van der Waals surface area contributed by atoms with Gasteiger partial charge in [0, 0.05) is 19.8 Å². The van der Waals surface area contributed by atoms with Crippen molar-refractivity contribution in [3.8, 4) is 0 Å². The van der Waals surface area contributed by atoms with Crippen LogP contribution in [-0.2, 0) is 19.8 Å². The number of amides is 2. The van der Waals surface area contributed by atoms with E-state index in [9.17, 15) is 0 Å². The van der Waals surface area contributed by atoms with Gasteiger partial charge in [-0.25, -0.2) is 4.79 Å². The van der Waals surface area contributed by atoms with Gasteiger partial charge < -0.3 is 11.5 Å². The minimum atomic E-state index is -0.833. The molecule has 0 aliphatic heterocycles. The Bertz CT molecular complexity index is 32.6. The second kappa shape index (κ2) is 3.91. The van der Waals surface area contributed by atoms with Crippen molar-refractivity contribution in [1.82, 2.24) is 0 Å². The van der Waals surface area contributed by atoms with Crippen LogP contribution < -0.4 is 11.5 Å². The van der Waals surface area contributed by atoms with Crippen LogP contribution in [0.5, 0.6) is 0 Å². The molecule has 0 spiro atoms. The summed E-state index contributed by atoms with van der Waals surface area (Å²) in [6.07, 6.45) is 0. The second-order valence-electron chi connectivity index (χ2n) is 0.402. The molecular formula is CH4N2OOs. The average molecular weight is 250 g/mol. The van der Waals surface area contributed by atoms with E-state index in [-0.39, 0.29) is 19.8 Å². The molecule has 2 amide bonds. The minimum absolute atomic E-state index is 0. The standard InChI is InChI=1S/CH4N2O.Os/c2-1(3)4;/h(H4,2,3,4);. The predicted molar refractivity (Wildman–Crippen MR) is 13.8 cm³/mol. The number of hydrogen-bond donors (Lipinski definition) is 2. The van der Waals surface area contributed by atoms with E-state index >= 15 is 0 Å². The monoisotopic (exact) mass is 252 g/mol. The van der Waals surface area contributed by atoms with E-state index < -0.39 is 6.03 Å². The predicted octanol–water partition coefficient (Wildman–Crippen LogP) is -0.979. The first-order chi connectivity index (χ1) is 1.73. The molecule has 0 aromatic rings. The Morgan fingerprint density at radius 2 is 1.40 bits per heavy atom. The molecular weight excluding hydrogens is 246 g/mol. The molecule has 0 saturated carbocycles. The molecule has 0 bridgehead atoms. The molecule has 0 rings (SSSR count). The smallest absolute Gasteiger partial charge is 0.309 e. The Hall–Kier alpha value is -0.0936. The van der Waals surface area contributed by atoms with Crippen molar-refractivity contribution < 1.29 is 24.6 Å². The number of carbonyl (C=O) groups excluding carboxylic acids is 1. The van der Waals surface area contributed by atoms with Crippen molar-refractivity contribution in [3.05, 3.63) is 0 Å². The second-order valence-corrected chi connectivity index (χ2v) is 0.402. The minimum Gasteiger partial charge on any atom is -0.352 e. The molecule has 0 atom stereocenters. The zero-order valence-electron chi connectivity index (χ0n) is 2.42. The third-order valence-electron chi connectivity index (χ3n) is 0. The van der Waals surface area contributed by atoms with Crippen LogP contribution in [0.2, 0.25) is 0 Å². The van der Waals surface area contributed by atoms with E-state index in [4.69, 9.17) is 4.79 Å². The van der Waals surface area contributed by atoms with Crippen LogP contribution in [0.1, 0.15) is 0 Å². The van der Waals surface area contributed by atoms with Crippen molar-refractivity contribution >= 4 is 6.03 Å². The molecule has 3 nitrogen and oxygen atoms in total. The summed E-state index contributed by atoms with van der Waals surface area (Å²) in [6.45, 7) is 0. The van der Waals surface area contributed by atoms with Crippen LogP contribution in [0.3, 0.4) is 0 Å². The van der Waals surface area contributed by atoms with Gasteiger partial charge in [-0.3, -0.25) is 0 Å². The topological polar surface area (TPSA) is 69.1 Å². The van der Waals surface area contributed by atoms with Gasteiger partial charge in [-0.15, -0.1) is 0 Å². The molecule has 4 heteroatoms. The van der Waals surface area contributed by atoms with Gasteiger partial charge in [0.2, 0.25) is 0 Å². The van der Waals surface area contributed by atoms with Crippen molar-refractivity contribution in [1.29, 1.82) is 0 Å². The van der Waals surface area contributed by atoms with Gasteiger partial charge in [0.1, 0.15) is 0 Å². The third kappa shape index (κ3) is 1620. The number of primary amides is 2. The summed E-state index contributed by atoms with van der Waals surface area (Å²) in [7, 11) is 0. The Labute approximate surface area is 42.8 Å². The van der Waals surface area contributed by atoms with E-state index in [0.29, 0.717) is 0 Å². The summed E-state index contributed by atoms with van der Waals surface area (Å²) >= 11 is 0. The fraction of sp³-hybridized carbons (Fsp3) is 0. The molecule has 0 fully saturated rings. The Balaban J connectivity index is 0. The molecule has 0 aliphatic carbocycles. The van der Waals surface area contributed by atoms with Crippen molar-refractivity contribution in [2.45, 2.75) is 0 Å². The molecule has 5 heavy (non-hydrogen) atoms. The van der Waals surface area contributed by atoms with E-state index in [1.165, 1.54) is 0 Å². The number of nitrogens with two attached hydrogens (primary N) is 2. The van der Waals surface area contributed by atoms with Gasteiger partial charge in [-0.05, 0) is 0 Å². The first-order valence-electron chi connectivity index (χ1n) is 0.781. The van der Waals surface area contributed by atoms with Crippen molar-refractivity contribution in [3.63, 3.8) is 0 Å². The zero-order valence-corrected chi connectivity index (χ0v) is 4.96. The van der Waals surface area contributed by atoms with Crippen LogP contribution in [-0.4, -0.2) is 6.03 Å². The first kappa shape index (κ1) is 8.86. The summed E-state index contributed by atoms with van der Waals surface area (Å²) in [4.78, 5) is 9.00. The molecule has 0 aliphatic rings. The fourth-order valence-corrected chi connectivity index (χ4v) is 0. The van der Waals surface area contributed by atoms with Gasteiger partial charge in [0.15, 0.2) is 0 Å². The van der Waals surface area contributed by atoms with Gasteiger partial charge in [0.25, 0.3) is 0 Å². The molecule has 32 valence electrons. The number of hydrogen-bond acceptors (Lipinski definition) is 1. The van der Waals surface area contributed by atoms with Crippen molar-refractivity contribution in [2.24, 2.45) is 11.5 Å². The fourth-order valence-electron chi connectivity index (χ4n) is 0. The molecule has 0 aromatic carbocycles. The van der Waals surface area contributed by atoms with Crippen LogP contribution in [0.25, 0.3) is 0 Å². The Morgan fingerprint density at radius 3 is 1.40 bits per heavy atom. The summed E-state index contributed by atoms with van der Waals surface area (Å²) in [5.74, 6) is 0. The molecule has 0 aromatic heterocycles. The average Bonchev–Trinajstić information content (AvgIpc) is 0.811. The maximum Gasteiger partial charge on any atom is 0.309 e. The third-order valence-corrected chi connectivity index (χ3v) is 0. The van der Waals surface area contributed by atoms with Gasteiger partial charge in [-0.2, -0.15) is 0 Å². The maximum absolute atomic E-state index is 9.00. The van der Waals surface area contributed by atoms with Crippen LogP contribution in [0.15, 0.2) is 0 Å². The summed E-state index contributed by atoms with van der Waals surface area (Å²) < 4.78 is 0. The van der Waals surface area contributed by atoms with Gasteiger partial charge in [-0.1, -0.05) is 0 Å². The van der Waals surface area contributed by atoms with Crippen LogP contribution >= 0.6 is 0 Å². The van der Waals surface area contributed by atoms with E-state index in [1.807, 2.05) is 0 Å². The van der Waals surface area contributed by atoms with Crippen LogP contribution in [0, 0.1) is 0 Å². The van der Waals surface area contributed by atoms with E-state index in [1.54, 1.807) is 0 Å². The number of urea groups is 1. The molecule has 0 heterocycles. The molecule has 0 unspecified atom stereocenters. The molecule has 0 saturated heterocycles. The van der Waals surface area contributed by atoms with Gasteiger partial charge in [0.05, 0.1) is 0 Å². The normalized spacial score (nSPS) is 4.80. The molecule has 4 N–H and O–H groups in total. The molecule has 0 radical (unpaired) electrons. The van der Waals surface area contributed by atoms with E-state index in [2.05, 4.69) is 11.5 Å². The maximum atomic E-state index is 9.00. The first-order valence-corrected chi connectivity index (χ1v) is 0.781. The Kier molecular flexibility index (Phi) is 6.92. The SMILES string of the molecule is NC(N)=O.[Os]. The van der Waals surface area contributed by atoms with E-state index in [0.717, 1.165) is 0 Å². The summed E-state index contributed by atoms with van der Waals surface area (Å²) in [5.41, 5.74) is 8.50. The van der Waals surface area contributed by atoms with Crippen LogP contribution in [0.4, 0.5) is 4.79 Å². The van der Waals surface area contributed by atoms with Crippen molar-refractivity contribution in [2.75, 3.05) is 0 Å². The number of carbonyl (C=O) groups is 1.